The molecule has 0 aliphatic carbocycles. The summed E-state index contributed by atoms with van der Waals surface area (Å²) in [5.74, 6) is 0.628. The number of methoxy groups -OCH3 is 1. The normalized spacial score (nSPS) is 20.0. The van der Waals surface area contributed by atoms with Gasteiger partial charge in [-0.15, -0.1) is 11.3 Å². The molecule has 0 radical (unpaired) electrons. The van der Waals surface area contributed by atoms with E-state index in [4.69, 9.17) is 21.3 Å². The van der Waals surface area contributed by atoms with E-state index in [1.54, 1.807) is 29.4 Å². The van der Waals surface area contributed by atoms with Crippen LogP contribution in [0.1, 0.15) is 12.8 Å². The van der Waals surface area contributed by atoms with Gasteiger partial charge in [-0.25, -0.2) is 13.4 Å². The highest BCUT2D eigenvalue weighted by molar-refractivity contribution is 7.91. The smallest absolute Gasteiger partial charge is 0.253 e. The second-order valence-corrected chi connectivity index (χ2v) is 12.8. The second-order valence-electron chi connectivity index (χ2n) is 7.95. The van der Waals surface area contributed by atoms with Crippen LogP contribution < -0.4 is 9.64 Å². The molecule has 2 aliphatic heterocycles. The van der Waals surface area contributed by atoms with Gasteiger partial charge in [0.15, 0.2) is 5.13 Å². The number of fused-ring (bicyclic) bond motifs is 1. The first-order chi connectivity index (χ1) is 15.9. The minimum Gasteiger partial charge on any atom is -0.494 e. The zero-order valence-corrected chi connectivity index (χ0v) is 21.1. The maximum atomic E-state index is 13.3. The van der Waals surface area contributed by atoms with Crippen LogP contribution in [0, 0.1) is 0 Å². The zero-order valence-electron chi connectivity index (χ0n) is 17.9. The van der Waals surface area contributed by atoms with Crippen molar-refractivity contribution in [1.29, 1.82) is 0 Å². The van der Waals surface area contributed by atoms with Gasteiger partial charge in [0.05, 0.1) is 16.1 Å². The van der Waals surface area contributed by atoms with Crippen molar-refractivity contribution in [3.63, 3.8) is 0 Å². The van der Waals surface area contributed by atoms with E-state index in [1.807, 2.05) is 18.2 Å². The van der Waals surface area contributed by atoms with Gasteiger partial charge in [-0.1, -0.05) is 29.0 Å². The van der Waals surface area contributed by atoms with Gasteiger partial charge in [-0.3, -0.25) is 4.79 Å². The highest BCUT2D eigenvalue weighted by Crippen LogP contribution is 2.35. The molecule has 2 aromatic heterocycles. The van der Waals surface area contributed by atoms with Crippen LogP contribution in [-0.4, -0.2) is 74.4 Å². The van der Waals surface area contributed by atoms with Crippen molar-refractivity contribution in [3.8, 4) is 5.75 Å². The topological polar surface area (TPSA) is 83.0 Å². The van der Waals surface area contributed by atoms with Crippen LogP contribution >= 0.6 is 34.3 Å². The highest BCUT2D eigenvalue weighted by atomic mass is 35.5. The summed E-state index contributed by atoms with van der Waals surface area (Å²) in [6.45, 7) is 2.70. The number of hydrogen-bond acceptors (Lipinski definition) is 8. The van der Waals surface area contributed by atoms with Gasteiger partial charge in [-0.05, 0) is 37.1 Å². The van der Waals surface area contributed by atoms with E-state index in [1.165, 1.54) is 10.4 Å². The Balaban J connectivity index is 1.28. The summed E-state index contributed by atoms with van der Waals surface area (Å²) in [6, 6.07) is 8.29. The molecule has 5 rings (SSSR count). The van der Waals surface area contributed by atoms with Crippen LogP contribution in [0.15, 0.2) is 34.5 Å². The minimum absolute atomic E-state index is 0.121. The summed E-state index contributed by atoms with van der Waals surface area (Å²) in [5, 5.41) is 0.904. The third kappa shape index (κ3) is 4.21. The van der Waals surface area contributed by atoms with E-state index < -0.39 is 16.1 Å². The van der Waals surface area contributed by atoms with E-state index in [2.05, 4.69) is 4.90 Å². The Morgan fingerprint density at radius 2 is 1.91 bits per heavy atom. The van der Waals surface area contributed by atoms with Crippen LogP contribution in [0.5, 0.6) is 5.75 Å². The van der Waals surface area contributed by atoms with Crippen molar-refractivity contribution in [2.24, 2.45) is 0 Å². The SMILES string of the molecule is COc1cccc2sc(N3CCN(C(=O)C4CCCN4S(=O)(=O)c4ccc(Cl)s4)CC3)nc12. The number of ether oxygens (including phenoxy) is 1. The minimum atomic E-state index is -3.74. The largest absolute Gasteiger partial charge is 0.494 e. The van der Waals surface area contributed by atoms with E-state index in [0.29, 0.717) is 49.9 Å². The first-order valence-corrected chi connectivity index (χ1v) is 14.1. The van der Waals surface area contributed by atoms with E-state index in [9.17, 15) is 13.2 Å². The Bertz CT molecular complexity index is 1280. The van der Waals surface area contributed by atoms with Gasteiger partial charge in [0.2, 0.25) is 5.91 Å². The number of piperazine rings is 1. The van der Waals surface area contributed by atoms with Gasteiger partial charge in [0.25, 0.3) is 10.0 Å². The Labute approximate surface area is 205 Å². The molecule has 0 saturated carbocycles. The number of thiazole rings is 1. The number of aromatic nitrogens is 1. The molecule has 4 heterocycles. The average molecular weight is 527 g/mol. The number of amides is 1. The monoisotopic (exact) mass is 526 g/mol. The molecule has 1 atom stereocenters. The van der Waals surface area contributed by atoms with Crippen LogP contribution in [0.25, 0.3) is 10.2 Å². The number of nitrogens with zero attached hydrogens (tertiary/aromatic N) is 4. The Morgan fingerprint density at radius 1 is 1.12 bits per heavy atom. The van der Waals surface area contributed by atoms with E-state index in [-0.39, 0.29) is 10.1 Å². The van der Waals surface area contributed by atoms with Crippen molar-refractivity contribution in [3.05, 3.63) is 34.7 Å². The number of para-hydroxylation sites is 1. The number of hydrogen-bond donors (Lipinski definition) is 0. The first kappa shape index (κ1) is 22.9. The summed E-state index contributed by atoms with van der Waals surface area (Å²) < 4.78 is 34.6. The molecule has 33 heavy (non-hydrogen) atoms. The first-order valence-electron chi connectivity index (χ1n) is 10.6. The summed E-state index contributed by atoms with van der Waals surface area (Å²) >= 11 is 8.57. The fourth-order valence-corrected chi connectivity index (χ4v) is 8.66. The molecule has 1 unspecified atom stereocenters. The van der Waals surface area contributed by atoms with E-state index >= 15 is 0 Å². The summed E-state index contributed by atoms with van der Waals surface area (Å²) in [6.07, 6.45) is 1.21. The maximum absolute atomic E-state index is 13.3. The molecular weight excluding hydrogens is 504 g/mol. The molecule has 12 heteroatoms. The number of carbonyl (C=O) groups excluding carboxylic acids is 1. The van der Waals surface area contributed by atoms with Gasteiger partial charge < -0.3 is 14.5 Å². The molecular formula is C21H23ClN4O4S3. The van der Waals surface area contributed by atoms with Crippen molar-refractivity contribution in [2.75, 3.05) is 44.7 Å². The number of carbonyl (C=O) groups is 1. The third-order valence-electron chi connectivity index (χ3n) is 6.05. The molecule has 0 spiro atoms. The lowest BCUT2D eigenvalue weighted by molar-refractivity contribution is -0.134. The van der Waals surface area contributed by atoms with Crippen LogP contribution in [0.2, 0.25) is 4.34 Å². The number of benzene rings is 1. The molecule has 176 valence electrons. The number of rotatable bonds is 5. The zero-order chi connectivity index (χ0) is 23.2. The Hall–Kier alpha value is -1.92. The van der Waals surface area contributed by atoms with Crippen LogP contribution in [-0.2, 0) is 14.8 Å². The number of halogens is 1. The summed E-state index contributed by atoms with van der Waals surface area (Å²) in [7, 11) is -2.10. The van der Waals surface area contributed by atoms with Gasteiger partial charge >= 0.3 is 0 Å². The van der Waals surface area contributed by atoms with Crippen LogP contribution in [0.3, 0.4) is 0 Å². The Kier molecular flexibility index (Phi) is 6.25. The lowest BCUT2D eigenvalue weighted by atomic mass is 10.2. The lowest BCUT2D eigenvalue weighted by Crippen LogP contribution is -2.54. The maximum Gasteiger partial charge on any atom is 0.253 e. The highest BCUT2D eigenvalue weighted by Gasteiger charge is 2.42. The third-order valence-corrected chi connectivity index (χ3v) is 10.7. The molecule has 2 fully saturated rings. The molecule has 8 nitrogen and oxygen atoms in total. The average Bonchev–Trinajstić information content (AvgIpc) is 3.57. The predicted octanol–water partition coefficient (Wildman–Crippen LogP) is 3.52. The molecule has 2 aliphatic rings. The van der Waals surface area contributed by atoms with E-state index in [0.717, 1.165) is 32.4 Å². The van der Waals surface area contributed by atoms with Gasteiger partial charge in [0, 0.05) is 32.7 Å². The molecule has 0 N–H and O–H groups in total. The van der Waals surface area contributed by atoms with Crippen LogP contribution in [0.4, 0.5) is 5.13 Å². The van der Waals surface area contributed by atoms with Crippen molar-refractivity contribution in [1.82, 2.24) is 14.2 Å². The predicted molar refractivity (Wildman–Crippen MR) is 131 cm³/mol. The van der Waals surface area contributed by atoms with Crippen molar-refractivity contribution >= 4 is 65.6 Å². The van der Waals surface area contributed by atoms with Gasteiger partial charge in [0.1, 0.15) is 21.5 Å². The quantitative estimate of drug-likeness (QED) is 0.506. The number of sulfonamides is 1. The summed E-state index contributed by atoms with van der Waals surface area (Å²) in [4.78, 5) is 22.0. The summed E-state index contributed by atoms with van der Waals surface area (Å²) in [5.41, 5.74) is 0.846. The van der Waals surface area contributed by atoms with Crippen molar-refractivity contribution in [2.45, 2.75) is 23.1 Å². The molecule has 0 bridgehead atoms. The second kappa shape index (κ2) is 9.03. The molecule has 3 aromatic rings. The number of thiophene rings is 1. The Morgan fingerprint density at radius 3 is 2.61 bits per heavy atom. The van der Waals surface area contributed by atoms with Crippen molar-refractivity contribution < 1.29 is 17.9 Å². The van der Waals surface area contributed by atoms with Gasteiger partial charge in [-0.2, -0.15) is 4.31 Å². The number of anilines is 1. The molecule has 2 saturated heterocycles. The fraction of sp³-hybridized carbons (Fsp3) is 0.429. The molecule has 1 amide bonds. The molecule has 1 aromatic carbocycles. The fourth-order valence-electron chi connectivity index (χ4n) is 4.37. The lowest BCUT2D eigenvalue weighted by Gasteiger charge is -2.37. The standard InChI is InChI=1S/C21H23ClN4O4S3/c1-30-15-5-2-6-16-19(15)23-21(31-16)25-12-10-24(11-13-25)20(27)14-4-3-9-26(14)33(28,29)18-8-7-17(22)32-18/h2,5-8,14H,3-4,9-13H2,1H3.